The van der Waals surface area contributed by atoms with Gasteiger partial charge in [-0.15, -0.1) is 11.3 Å². The van der Waals surface area contributed by atoms with Crippen molar-refractivity contribution < 1.29 is 4.79 Å². The van der Waals surface area contributed by atoms with Gasteiger partial charge in [0.15, 0.2) is 10.8 Å². The number of anilines is 1. The average Bonchev–Trinajstić information content (AvgIpc) is 3.23. The maximum Gasteiger partial charge on any atom is 0.246 e. The first-order chi connectivity index (χ1) is 11.8. The fourth-order valence-electron chi connectivity index (χ4n) is 2.23. The number of carbonyl (C=O) groups is 1. The normalized spacial score (nSPS) is 10.8. The second-order valence-corrected chi connectivity index (χ2v) is 5.78. The van der Waals surface area contributed by atoms with E-state index in [9.17, 15) is 4.79 Å². The maximum atomic E-state index is 12.2. The summed E-state index contributed by atoms with van der Waals surface area (Å²) < 4.78 is 1.70. The van der Waals surface area contributed by atoms with Crippen molar-refractivity contribution in [3.05, 3.63) is 48.8 Å². The number of thiazole rings is 1. The van der Waals surface area contributed by atoms with Crippen LogP contribution in [-0.2, 0) is 11.3 Å². The van der Waals surface area contributed by atoms with Crippen LogP contribution in [0.1, 0.15) is 0 Å². The Morgan fingerprint density at radius 1 is 1.21 bits per heavy atom. The van der Waals surface area contributed by atoms with Gasteiger partial charge in [-0.25, -0.2) is 19.9 Å². The van der Waals surface area contributed by atoms with Crippen molar-refractivity contribution in [3.8, 4) is 11.3 Å². The van der Waals surface area contributed by atoms with E-state index in [0.29, 0.717) is 16.3 Å². The first-order valence-electron chi connectivity index (χ1n) is 7.06. The van der Waals surface area contributed by atoms with Crippen LogP contribution in [0.5, 0.6) is 0 Å². The minimum atomic E-state index is -0.186. The van der Waals surface area contributed by atoms with Gasteiger partial charge in [-0.05, 0) is 12.1 Å². The van der Waals surface area contributed by atoms with Crippen molar-refractivity contribution in [3.63, 3.8) is 0 Å². The molecule has 4 aromatic rings. The lowest BCUT2D eigenvalue weighted by Gasteiger charge is -2.03. The molecular weight excluding hydrogens is 326 g/mol. The Hall–Kier alpha value is -3.20. The lowest BCUT2D eigenvalue weighted by molar-refractivity contribution is -0.116. The number of aromatic nitrogens is 6. The van der Waals surface area contributed by atoms with Gasteiger partial charge < -0.3 is 9.88 Å². The fourth-order valence-corrected chi connectivity index (χ4v) is 2.97. The Bertz CT molecular complexity index is 995. The zero-order valence-corrected chi connectivity index (χ0v) is 13.1. The van der Waals surface area contributed by atoms with Crippen LogP contribution in [0.25, 0.3) is 22.4 Å². The molecule has 0 aliphatic carbocycles. The molecule has 0 saturated heterocycles. The predicted octanol–water partition coefficient (Wildman–Crippen LogP) is 1.98. The Balaban J connectivity index is 1.48. The maximum absolute atomic E-state index is 12.2. The lowest BCUT2D eigenvalue weighted by Crippen LogP contribution is -2.18. The smallest absolute Gasteiger partial charge is 0.246 e. The summed E-state index contributed by atoms with van der Waals surface area (Å²) in [7, 11) is 0. The van der Waals surface area contributed by atoms with E-state index in [1.807, 2.05) is 17.5 Å². The van der Waals surface area contributed by atoms with Crippen LogP contribution in [-0.4, -0.2) is 35.4 Å². The summed E-state index contributed by atoms with van der Waals surface area (Å²) in [6.45, 7) is 0.119. The highest BCUT2D eigenvalue weighted by Gasteiger charge is 2.11. The minimum Gasteiger partial charge on any atom is -0.318 e. The van der Waals surface area contributed by atoms with Crippen LogP contribution in [0.4, 0.5) is 5.13 Å². The number of rotatable bonds is 4. The number of hydrogen-bond acceptors (Lipinski definition) is 7. The fraction of sp³-hybridized carbons (Fsp3) is 0.0667. The number of fused-ring (bicyclic) bond motifs is 1. The summed E-state index contributed by atoms with van der Waals surface area (Å²) in [4.78, 5) is 32.8. The molecule has 1 amide bonds. The summed E-state index contributed by atoms with van der Waals surface area (Å²) in [5.74, 6) is -0.186. The number of imidazole rings is 1. The molecule has 4 heterocycles. The molecule has 0 aliphatic heterocycles. The van der Waals surface area contributed by atoms with Crippen molar-refractivity contribution in [1.82, 2.24) is 29.5 Å². The second kappa shape index (κ2) is 6.13. The quantitative estimate of drug-likeness (QED) is 0.611. The summed E-state index contributed by atoms with van der Waals surface area (Å²) >= 11 is 1.38. The van der Waals surface area contributed by atoms with Crippen molar-refractivity contribution in [1.29, 1.82) is 0 Å². The zero-order valence-electron chi connectivity index (χ0n) is 12.3. The van der Waals surface area contributed by atoms with Crippen LogP contribution < -0.4 is 5.32 Å². The molecule has 9 heteroatoms. The van der Waals surface area contributed by atoms with Gasteiger partial charge in [-0.1, -0.05) is 0 Å². The molecule has 0 bridgehead atoms. The van der Waals surface area contributed by atoms with Gasteiger partial charge in [0.05, 0.1) is 18.2 Å². The van der Waals surface area contributed by atoms with E-state index in [2.05, 4.69) is 30.2 Å². The zero-order chi connectivity index (χ0) is 16.4. The molecule has 0 unspecified atom stereocenters. The van der Waals surface area contributed by atoms with Gasteiger partial charge in [0, 0.05) is 23.3 Å². The molecule has 118 valence electrons. The molecule has 4 rings (SSSR count). The summed E-state index contributed by atoms with van der Waals surface area (Å²) in [6.07, 6.45) is 8.05. The van der Waals surface area contributed by atoms with E-state index >= 15 is 0 Å². The number of nitrogens with one attached hydrogen (secondary N) is 1. The third kappa shape index (κ3) is 2.84. The number of carbonyl (C=O) groups excluding carboxylic acids is 1. The first kappa shape index (κ1) is 14.4. The average molecular weight is 337 g/mol. The van der Waals surface area contributed by atoms with E-state index in [1.165, 1.54) is 17.7 Å². The molecular formula is C15H11N7OS. The van der Waals surface area contributed by atoms with Crippen LogP contribution in [0.2, 0.25) is 0 Å². The van der Waals surface area contributed by atoms with Crippen LogP contribution in [0.15, 0.2) is 48.8 Å². The number of pyridine rings is 1. The lowest BCUT2D eigenvalue weighted by atomic mass is 10.2. The molecule has 0 atom stereocenters. The van der Waals surface area contributed by atoms with E-state index in [1.54, 1.807) is 29.5 Å². The van der Waals surface area contributed by atoms with Gasteiger partial charge in [0.1, 0.15) is 18.4 Å². The molecule has 24 heavy (non-hydrogen) atoms. The number of amides is 1. The largest absolute Gasteiger partial charge is 0.318 e. The van der Waals surface area contributed by atoms with Gasteiger partial charge in [-0.3, -0.25) is 9.78 Å². The molecule has 0 saturated carbocycles. The van der Waals surface area contributed by atoms with E-state index in [-0.39, 0.29) is 12.5 Å². The number of hydrogen-bond donors (Lipinski definition) is 1. The Labute approximate surface area is 140 Å². The molecule has 0 fully saturated rings. The van der Waals surface area contributed by atoms with Crippen LogP contribution >= 0.6 is 11.3 Å². The van der Waals surface area contributed by atoms with Gasteiger partial charge in [0.2, 0.25) is 5.91 Å². The van der Waals surface area contributed by atoms with Crippen LogP contribution in [0, 0.1) is 0 Å². The summed E-state index contributed by atoms with van der Waals surface area (Å²) in [6, 6.07) is 3.75. The molecule has 4 aromatic heterocycles. The Kier molecular flexibility index (Phi) is 3.67. The minimum absolute atomic E-state index is 0.119. The highest BCUT2D eigenvalue weighted by atomic mass is 32.1. The van der Waals surface area contributed by atoms with E-state index < -0.39 is 0 Å². The van der Waals surface area contributed by atoms with E-state index in [4.69, 9.17) is 0 Å². The topological polar surface area (TPSA) is 98.5 Å². The van der Waals surface area contributed by atoms with Crippen molar-refractivity contribution in [2.75, 3.05) is 5.32 Å². The van der Waals surface area contributed by atoms with Crippen molar-refractivity contribution in [2.24, 2.45) is 0 Å². The molecule has 0 radical (unpaired) electrons. The predicted molar refractivity (Wildman–Crippen MR) is 89.3 cm³/mol. The summed E-state index contributed by atoms with van der Waals surface area (Å²) in [5.41, 5.74) is 3.04. The first-order valence-corrected chi connectivity index (χ1v) is 7.94. The summed E-state index contributed by atoms with van der Waals surface area (Å²) in [5, 5.41) is 5.24. The highest BCUT2D eigenvalue weighted by molar-refractivity contribution is 7.14. The van der Waals surface area contributed by atoms with Gasteiger partial charge in [0.25, 0.3) is 0 Å². The van der Waals surface area contributed by atoms with Crippen LogP contribution in [0.3, 0.4) is 0 Å². The van der Waals surface area contributed by atoms with Gasteiger partial charge in [-0.2, -0.15) is 0 Å². The molecule has 0 aromatic carbocycles. The standard InChI is InChI=1S/C15H11N7OS/c23-13(6-22-9-19-14-12(22)5-17-8-18-14)21-15-20-11(7-24-15)10-1-3-16-4-2-10/h1-5,7-9H,6H2,(H,20,21,23). The Morgan fingerprint density at radius 3 is 2.96 bits per heavy atom. The van der Waals surface area contributed by atoms with Crippen molar-refractivity contribution >= 4 is 33.5 Å². The second-order valence-electron chi connectivity index (χ2n) is 4.93. The number of nitrogens with zero attached hydrogens (tertiary/aromatic N) is 6. The Morgan fingerprint density at radius 2 is 2.08 bits per heavy atom. The molecule has 0 spiro atoms. The monoisotopic (exact) mass is 337 g/mol. The third-order valence-corrected chi connectivity index (χ3v) is 4.10. The molecule has 8 nitrogen and oxygen atoms in total. The third-order valence-electron chi connectivity index (χ3n) is 3.34. The van der Waals surface area contributed by atoms with Gasteiger partial charge >= 0.3 is 0 Å². The molecule has 1 N–H and O–H groups in total. The van der Waals surface area contributed by atoms with Crippen molar-refractivity contribution in [2.45, 2.75) is 6.54 Å². The molecule has 0 aliphatic rings. The SMILES string of the molecule is O=C(Cn1cnc2ncncc21)Nc1nc(-c2ccncc2)cs1. The highest BCUT2D eigenvalue weighted by Crippen LogP contribution is 2.24. The van der Waals surface area contributed by atoms with E-state index in [0.717, 1.165) is 11.3 Å².